The van der Waals surface area contributed by atoms with Crippen molar-refractivity contribution >= 4 is 6.09 Å². The van der Waals surface area contributed by atoms with E-state index < -0.39 is 6.09 Å². The number of nitrogens with one attached hydrogen (secondary N) is 1. The Bertz CT molecular complexity index is 377. The minimum Gasteiger partial charge on any atom is -0.410 e. The van der Waals surface area contributed by atoms with Crippen molar-refractivity contribution in [3.8, 4) is 5.75 Å². The molecule has 1 unspecified atom stereocenters. The molecule has 0 radical (unpaired) electrons. The zero-order valence-corrected chi connectivity index (χ0v) is 10.9. The predicted molar refractivity (Wildman–Crippen MR) is 68.2 cm³/mol. The number of ether oxygens (including phenoxy) is 1. The molecule has 4 nitrogen and oxygen atoms in total. The van der Waals surface area contributed by atoms with Gasteiger partial charge in [0.25, 0.3) is 0 Å². The average molecular weight is 236 g/mol. The van der Waals surface area contributed by atoms with Crippen LogP contribution in [-0.2, 0) is 0 Å². The van der Waals surface area contributed by atoms with Crippen LogP contribution in [0.25, 0.3) is 0 Å². The maximum atomic E-state index is 11.3. The van der Waals surface area contributed by atoms with E-state index in [1.54, 1.807) is 7.05 Å². The Balaban J connectivity index is 3.01. The second kappa shape index (κ2) is 6.25. The number of nitrogens with zero attached hydrogens (tertiary/aromatic N) is 1. The molecular weight excluding hydrogens is 216 g/mol. The van der Waals surface area contributed by atoms with Gasteiger partial charge < -0.3 is 15.0 Å². The monoisotopic (exact) mass is 236 g/mol. The zero-order chi connectivity index (χ0) is 12.8. The summed E-state index contributed by atoms with van der Waals surface area (Å²) in [7, 11) is 5.59. The Morgan fingerprint density at radius 3 is 2.59 bits per heavy atom. The minimum atomic E-state index is -0.439. The van der Waals surface area contributed by atoms with Crippen molar-refractivity contribution < 1.29 is 9.53 Å². The third kappa shape index (κ3) is 3.46. The lowest BCUT2D eigenvalue weighted by Gasteiger charge is -2.24. The molecule has 17 heavy (non-hydrogen) atoms. The van der Waals surface area contributed by atoms with Crippen LogP contribution in [-0.4, -0.2) is 32.1 Å². The molecule has 4 heteroatoms. The minimum absolute atomic E-state index is 0.246. The number of carbonyl (C=O) groups is 1. The third-order valence-electron chi connectivity index (χ3n) is 2.69. The van der Waals surface area contributed by atoms with Crippen molar-refractivity contribution in [2.45, 2.75) is 19.4 Å². The summed E-state index contributed by atoms with van der Waals surface area (Å²) in [6.45, 7) is 2.11. The van der Waals surface area contributed by atoms with Gasteiger partial charge in [0.05, 0.1) is 0 Å². The molecule has 0 aliphatic heterocycles. The summed E-state index contributed by atoms with van der Waals surface area (Å²) in [6, 6.07) is 7.88. The molecule has 0 aromatic heterocycles. The first-order chi connectivity index (χ1) is 8.10. The molecule has 1 aromatic carbocycles. The number of rotatable bonds is 4. The molecule has 0 bridgehead atoms. The van der Waals surface area contributed by atoms with Crippen LogP contribution in [0.1, 0.15) is 24.9 Å². The first-order valence-electron chi connectivity index (χ1n) is 5.75. The summed E-state index contributed by atoms with van der Waals surface area (Å²) < 4.78 is 5.25. The summed E-state index contributed by atoms with van der Waals surface area (Å²) in [4.78, 5) is 13.4. The van der Waals surface area contributed by atoms with E-state index in [9.17, 15) is 4.79 Å². The topological polar surface area (TPSA) is 41.6 Å². The molecule has 1 amide bonds. The van der Waals surface area contributed by atoms with Crippen molar-refractivity contribution in [3.63, 3.8) is 0 Å². The molecule has 0 saturated carbocycles. The molecule has 1 rings (SSSR count). The summed E-state index contributed by atoms with van der Waals surface area (Å²) >= 11 is 0. The van der Waals surface area contributed by atoms with Crippen molar-refractivity contribution in [2.75, 3.05) is 21.1 Å². The van der Waals surface area contributed by atoms with E-state index in [0.717, 1.165) is 12.0 Å². The largest absolute Gasteiger partial charge is 0.412 e. The maximum Gasteiger partial charge on any atom is 0.412 e. The number of carbonyl (C=O) groups excluding carboxylic acids is 1. The molecule has 0 aliphatic rings. The Morgan fingerprint density at radius 2 is 2.06 bits per heavy atom. The van der Waals surface area contributed by atoms with Gasteiger partial charge in [-0.15, -0.1) is 0 Å². The maximum absolute atomic E-state index is 11.3. The number of hydrogen-bond donors (Lipinski definition) is 1. The van der Waals surface area contributed by atoms with E-state index in [1.807, 2.05) is 38.4 Å². The van der Waals surface area contributed by atoms with Gasteiger partial charge in [0, 0.05) is 18.7 Å². The SMILES string of the molecule is CCC(c1ccccc1OC(=O)NC)N(C)C. The van der Waals surface area contributed by atoms with Crippen molar-refractivity contribution in [1.29, 1.82) is 0 Å². The number of amides is 1. The van der Waals surface area contributed by atoms with E-state index in [4.69, 9.17) is 4.74 Å². The second-order valence-electron chi connectivity index (χ2n) is 4.07. The van der Waals surface area contributed by atoms with E-state index in [-0.39, 0.29) is 6.04 Å². The molecule has 1 aromatic rings. The fourth-order valence-electron chi connectivity index (χ4n) is 1.86. The van der Waals surface area contributed by atoms with Crippen LogP contribution in [0.15, 0.2) is 24.3 Å². The summed E-state index contributed by atoms with van der Waals surface area (Å²) in [5.41, 5.74) is 1.03. The van der Waals surface area contributed by atoms with Crippen LogP contribution < -0.4 is 10.1 Å². The van der Waals surface area contributed by atoms with Crippen LogP contribution in [0, 0.1) is 0 Å². The van der Waals surface area contributed by atoms with E-state index in [2.05, 4.69) is 17.1 Å². The van der Waals surface area contributed by atoms with Gasteiger partial charge in [-0.1, -0.05) is 25.1 Å². The fourth-order valence-corrected chi connectivity index (χ4v) is 1.86. The molecule has 0 aliphatic carbocycles. The van der Waals surface area contributed by atoms with Gasteiger partial charge in [-0.05, 0) is 26.6 Å². The number of hydrogen-bond acceptors (Lipinski definition) is 3. The van der Waals surface area contributed by atoms with Gasteiger partial charge in [-0.2, -0.15) is 0 Å². The first-order valence-corrected chi connectivity index (χ1v) is 5.75. The van der Waals surface area contributed by atoms with Crippen LogP contribution >= 0.6 is 0 Å². The molecule has 0 saturated heterocycles. The number of benzene rings is 1. The highest BCUT2D eigenvalue weighted by molar-refractivity contribution is 5.70. The van der Waals surface area contributed by atoms with E-state index >= 15 is 0 Å². The van der Waals surface area contributed by atoms with Gasteiger partial charge in [0.2, 0.25) is 0 Å². The normalized spacial score (nSPS) is 12.3. The Morgan fingerprint density at radius 1 is 1.41 bits per heavy atom. The van der Waals surface area contributed by atoms with Gasteiger partial charge in [-0.25, -0.2) is 4.79 Å². The quantitative estimate of drug-likeness (QED) is 0.873. The number of para-hydroxylation sites is 1. The van der Waals surface area contributed by atoms with Crippen LogP contribution in [0.3, 0.4) is 0 Å². The van der Waals surface area contributed by atoms with Gasteiger partial charge >= 0.3 is 6.09 Å². The molecule has 0 spiro atoms. The smallest absolute Gasteiger partial charge is 0.410 e. The van der Waals surface area contributed by atoms with Crippen molar-refractivity contribution in [3.05, 3.63) is 29.8 Å². The highest BCUT2D eigenvalue weighted by Gasteiger charge is 2.17. The predicted octanol–water partition coefficient (Wildman–Crippen LogP) is 2.42. The molecule has 1 N–H and O–H groups in total. The lowest BCUT2D eigenvalue weighted by Crippen LogP contribution is -2.24. The average Bonchev–Trinajstić information content (AvgIpc) is 2.31. The molecule has 0 heterocycles. The van der Waals surface area contributed by atoms with Crippen LogP contribution in [0.4, 0.5) is 4.79 Å². The van der Waals surface area contributed by atoms with Gasteiger partial charge in [-0.3, -0.25) is 0 Å². The Hall–Kier alpha value is -1.55. The molecule has 94 valence electrons. The third-order valence-corrected chi connectivity index (χ3v) is 2.69. The van der Waals surface area contributed by atoms with Gasteiger partial charge in [0.15, 0.2) is 0 Å². The summed E-state index contributed by atoms with van der Waals surface area (Å²) in [5, 5.41) is 2.45. The highest BCUT2D eigenvalue weighted by atomic mass is 16.6. The van der Waals surface area contributed by atoms with E-state index in [0.29, 0.717) is 5.75 Å². The fraction of sp³-hybridized carbons (Fsp3) is 0.462. The molecule has 0 fully saturated rings. The lowest BCUT2D eigenvalue weighted by molar-refractivity contribution is 0.200. The Kier molecular flexibility index (Phi) is 4.97. The highest BCUT2D eigenvalue weighted by Crippen LogP contribution is 2.30. The van der Waals surface area contributed by atoms with Crippen molar-refractivity contribution in [2.24, 2.45) is 0 Å². The second-order valence-corrected chi connectivity index (χ2v) is 4.07. The summed E-state index contributed by atoms with van der Waals surface area (Å²) in [5.74, 6) is 0.618. The Labute approximate surface area is 103 Å². The first kappa shape index (κ1) is 13.5. The van der Waals surface area contributed by atoms with Crippen LogP contribution in [0.5, 0.6) is 5.75 Å². The standard InChI is InChI=1S/C13H20N2O2/c1-5-11(15(3)4)10-8-6-7-9-12(10)17-13(16)14-2/h6-9,11H,5H2,1-4H3,(H,14,16). The molecule has 1 atom stereocenters. The van der Waals surface area contributed by atoms with Crippen LogP contribution in [0.2, 0.25) is 0 Å². The van der Waals surface area contributed by atoms with Gasteiger partial charge in [0.1, 0.15) is 5.75 Å². The summed E-state index contributed by atoms with van der Waals surface area (Å²) in [6.07, 6.45) is 0.521. The van der Waals surface area contributed by atoms with Crippen molar-refractivity contribution in [1.82, 2.24) is 10.2 Å². The molecular formula is C13H20N2O2. The van der Waals surface area contributed by atoms with E-state index in [1.165, 1.54) is 0 Å². The lowest BCUT2D eigenvalue weighted by atomic mass is 10.0. The zero-order valence-electron chi connectivity index (χ0n) is 10.9.